The number of benzene rings is 1. The Morgan fingerprint density at radius 2 is 1.89 bits per heavy atom. The largest absolute Gasteiger partial charge is 0.548 e. The van der Waals surface area contributed by atoms with Gasteiger partial charge in [0.25, 0.3) is 5.91 Å². The van der Waals surface area contributed by atoms with Crippen LogP contribution in [-0.2, 0) is 9.59 Å². The summed E-state index contributed by atoms with van der Waals surface area (Å²) in [6.45, 7) is 6.87. The van der Waals surface area contributed by atoms with Gasteiger partial charge in [-0.25, -0.2) is 4.79 Å². The number of carboxylic acid groups (broad SMARTS) is 1. The molecule has 0 spiro atoms. The van der Waals surface area contributed by atoms with Crippen LogP contribution >= 0.6 is 0 Å². The number of ether oxygens (including phenoxy) is 1. The number of carbonyl (C=O) groups is 2. The molecular formula is C20H24NO6-. The summed E-state index contributed by atoms with van der Waals surface area (Å²) in [4.78, 5) is 35.0. The van der Waals surface area contributed by atoms with Gasteiger partial charge in [0, 0.05) is 16.5 Å². The van der Waals surface area contributed by atoms with Crippen LogP contribution in [0.25, 0.3) is 11.0 Å². The number of aliphatic carboxylic acids is 1. The van der Waals surface area contributed by atoms with Gasteiger partial charge >= 0.3 is 5.63 Å². The van der Waals surface area contributed by atoms with Crippen molar-refractivity contribution in [3.8, 4) is 5.75 Å². The molecule has 0 aliphatic heterocycles. The average Bonchev–Trinajstić information content (AvgIpc) is 2.63. The Kier molecular flexibility index (Phi) is 6.60. The van der Waals surface area contributed by atoms with Gasteiger partial charge in [-0.15, -0.1) is 0 Å². The molecule has 2 aromatic rings. The number of carboxylic acids is 1. The van der Waals surface area contributed by atoms with E-state index in [9.17, 15) is 19.5 Å². The number of rotatable bonds is 8. The number of aryl methyl sites for hydroxylation is 2. The maximum Gasteiger partial charge on any atom is 0.339 e. The average molecular weight is 374 g/mol. The van der Waals surface area contributed by atoms with Crippen LogP contribution < -0.4 is 20.8 Å². The monoisotopic (exact) mass is 374 g/mol. The molecule has 1 amide bonds. The van der Waals surface area contributed by atoms with E-state index in [2.05, 4.69) is 5.32 Å². The zero-order valence-corrected chi connectivity index (χ0v) is 16.0. The van der Waals surface area contributed by atoms with Gasteiger partial charge in [-0.1, -0.05) is 19.8 Å². The number of amides is 1. The van der Waals surface area contributed by atoms with Gasteiger partial charge in [0.2, 0.25) is 0 Å². The van der Waals surface area contributed by atoms with Crippen LogP contribution in [0.15, 0.2) is 21.3 Å². The van der Waals surface area contributed by atoms with Crippen molar-refractivity contribution in [2.75, 3.05) is 6.61 Å². The highest BCUT2D eigenvalue weighted by atomic mass is 16.5. The van der Waals surface area contributed by atoms with Crippen LogP contribution in [0.2, 0.25) is 0 Å². The topological polar surface area (TPSA) is 109 Å². The molecule has 1 heterocycles. The first kappa shape index (κ1) is 20.5. The van der Waals surface area contributed by atoms with Crippen LogP contribution in [-0.4, -0.2) is 24.5 Å². The Labute approximate surface area is 157 Å². The highest BCUT2D eigenvalue weighted by Crippen LogP contribution is 2.29. The van der Waals surface area contributed by atoms with Crippen LogP contribution in [0.4, 0.5) is 0 Å². The summed E-state index contributed by atoms with van der Waals surface area (Å²) in [5, 5.41) is 14.3. The van der Waals surface area contributed by atoms with Crippen molar-refractivity contribution in [2.24, 2.45) is 0 Å². The van der Waals surface area contributed by atoms with E-state index in [-0.39, 0.29) is 6.61 Å². The standard InChI is InChI=1S/C20H25NO6/c1-5-6-7-15(19(23)24)21-17(22)10-26-16-9-8-14-11(2)12(3)20(25)27-18(14)13(16)4/h8-9,15H,5-7,10H2,1-4H3,(H,21,22)(H,23,24)/p-1/t15-/m0/s1. The normalized spacial score (nSPS) is 12.0. The Balaban J connectivity index is 2.14. The third-order valence-electron chi connectivity index (χ3n) is 4.65. The number of fused-ring (bicyclic) bond motifs is 1. The smallest absolute Gasteiger partial charge is 0.339 e. The fourth-order valence-electron chi connectivity index (χ4n) is 2.82. The van der Waals surface area contributed by atoms with Crippen LogP contribution in [0.1, 0.15) is 42.9 Å². The molecule has 0 fully saturated rings. The molecule has 0 aliphatic carbocycles. The summed E-state index contributed by atoms with van der Waals surface area (Å²) in [5.41, 5.74) is 1.99. The molecule has 0 saturated heterocycles. The molecule has 7 heteroatoms. The van der Waals surface area contributed by atoms with Crippen LogP contribution in [0.5, 0.6) is 5.75 Å². The minimum atomic E-state index is -1.31. The quantitative estimate of drug-likeness (QED) is 0.702. The molecule has 146 valence electrons. The van der Waals surface area contributed by atoms with Gasteiger partial charge in [-0.3, -0.25) is 4.79 Å². The second-order valence-corrected chi connectivity index (χ2v) is 6.57. The molecule has 1 atom stereocenters. The number of hydrogen-bond donors (Lipinski definition) is 1. The van der Waals surface area contributed by atoms with Gasteiger partial charge < -0.3 is 24.4 Å². The Morgan fingerprint density at radius 3 is 2.52 bits per heavy atom. The van der Waals surface area contributed by atoms with E-state index in [1.165, 1.54) is 0 Å². The second-order valence-electron chi connectivity index (χ2n) is 6.57. The lowest BCUT2D eigenvalue weighted by atomic mass is 10.0. The Hall–Kier alpha value is -2.83. The Morgan fingerprint density at radius 1 is 1.19 bits per heavy atom. The molecule has 0 unspecified atom stereocenters. The van der Waals surface area contributed by atoms with Crippen molar-refractivity contribution in [2.45, 2.75) is 53.0 Å². The maximum absolute atomic E-state index is 12.0. The van der Waals surface area contributed by atoms with Gasteiger partial charge in [-0.05, 0) is 44.9 Å². The molecule has 0 saturated carbocycles. The van der Waals surface area contributed by atoms with Crippen LogP contribution in [0, 0.1) is 20.8 Å². The summed E-state index contributed by atoms with van der Waals surface area (Å²) in [5.74, 6) is -1.48. The fourth-order valence-corrected chi connectivity index (χ4v) is 2.82. The third kappa shape index (κ3) is 4.67. The van der Waals surface area contributed by atoms with Crippen molar-refractivity contribution in [3.63, 3.8) is 0 Å². The van der Waals surface area contributed by atoms with Crippen molar-refractivity contribution in [1.29, 1.82) is 0 Å². The molecular weight excluding hydrogens is 350 g/mol. The zero-order chi connectivity index (χ0) is 20.1. The predicted octanol–water partition coefficient (Wildman–Crippen LogP) is 1.52. The first-order valence-corrected chi connectivity index (χ1v) is 8.92. The minimum Gasteiger partial charge on any atom is -0.548 e. The Bertz CT molecular complexity index is 915. The number of hydrogen-bond acceptors (Lipinski definition) is 6. The first-order valence-electron chi connectivity index (χ1n) is 8.92. The molecule has 7 nitrogen and oxygen atoms in total. The van der Waals surface area contributed by atoms with E-state index >= 15 is 0 Å². The fraction of sp³-hybridized carbons (Fsp3) is 0.450. The lowest BCUT2D eigenvalue weighted by Gasteiger charge is -2.19. The van der Waals surface area contributed by atoms with Crippen molar-refractivity contribution < 1.29 is 23.8 Å². The SMILES string of the molecule is CCCC[C@H](NC(=O)COc1ccc2c(C)c(C)c(=O)oc2c1C)C(=O)[O-]. The molecule has 27 heavy (non-hydrogen) atoms. The summed E-state index contributed by atoms with van der Waals surface area (Å²) in [6.07, 6.45) is 1.79. The molecule has 2 rings (SSSR count). The highest BCUT2D eigenvalue weighted by molar-refractivity contribution is 5.86. The van der Waals surface area contributed by atoms with E-state index < -0.39 is 23.5 Å². The van der Waals surface area contributed by atoms with E-state index in [0.717, 1.165) is 17.4 Å². The summed E-state index contributed by atoms with van der Waals surface area (Å²) in [6, 6.07) is 2.43. The predicted molar refractivity (Wildman–Crippen MR) is 98.7 cm³/mol. The first-order chi connectivity index (χ1) is 12.8. The summed E-state index contributed by atoms with van der Waals surface area (Å²) in [7, 11) is 0. The zero-order valence-electron chi connectivity index (χ0n) is 16.0. The molecule has 1 aromatic carbocycles. The van der Waals surface area contributed by atoms with E-state index in [4.69, 9.17) is 9.15 Å². The number of unbranched alkanes of at least 4 members (excludes halogenated alkanes) is 1. The summed E-state index contributed by atoms with van der Waals surface area (Å²) >= 11 is 0. The molecule has 1 N–H and O–H groups in total. The van der Waals surface area contributed by atoms with Gasteiger partial charge in [-0.2, -0.15) is 0 Å². The van der Waals surface area contributed by atoms with Crippen LogP contribution in [0.3, 0.4) is 0 Å². The van der Waals surface area contributed by atoms with E-state index in [1.54, 1.807) is 26.0 Å². The van der Waals surface area contributed by atoms with E-state index in [1.807, 2.05) is 13.8 Å². The number of nitrogens with one attached hydrogen (secondary N) is 1. The summed E-state index contributed by atoms with van der Waals surface area (Å²) < 4.78 is 10.9. The second kappa shape index (κ2) is 8.70. The minimum absolute atomic E-state index is 0.309. The van der Waals surface area contributed by atoms with Gasteiger partial charge in [0.05, 0.1) is 12.0 Å². The maximum atomic E-state index is 12.0. The lowest BCUT2D eigenvalue weighted by molar-refractivity contribution is -0.308. The molecule has 0 aliphatic rings. The lowest BCUT2D eigenvalue weighted by Crippen LogP contribution is -2.49. The van der Waals surface area contributed by atoms with Crippen molar-refractivity contribution in [3.05, 3.63) is 39.2 Å². The van der Waals surface area contributed by atoms with Crippen molar-refractivity contribution >= 4 is 22.8 Å². The van der Waals surface area contributed by atoms with Gasteiger partial charge in [0.15, 0.2) is 6.61 Å². The highest BCUT2D eigenvalue weighted by Gasteiger charge is 2.16. The van der Waals surface area contributed by atoms with Gasteiger partial charge in [0.1, 0.15) is 11.3 Å². The molecule has 0 bridgehead atoms. The third-order valence-corrected chi connectivity index (χ3v) is 4.65. The molecule has 0 radical (unpaired) electrons. The van der Waals surface area contributed by atoms with E-state index in [0.29, 0.717) is 35.3 Å². The van der Waals surface area contributed by atoms with Crippen molar-refractivity contribution in [1.82, 2.24) is 5.32 Å². The molecule has 1 aromatic heterocycles. The number of carbonyl (C=O) groups excluding carboxylic acids is 2.